The first-order valence-electron chi connectivity index (χ1n) is 8.37. The summed E-state index contributed by atoms with van der Waals surface area (Å²) < 4.78 is 10.7. The molecule has 0 aliphatic rings. The van der Waals surface area contributed by atoms with Crippen molar-refractivity contribution in [3.63, 3.8) is 0 Å². The lowest BCUT2D eigenvalue weighted by atomic mass is 10.1. The molecule has 2 amide bonds. The van der Waals surface area contributed by atoms with Gasteiger partial charge in [0.15, 0.2) is 0 Å². The molecule has 0 spiro atoms. The number of ether oxygens (including phenoxy) is 2. The Hall–Kier alpha value is -3.46. The van der Waals surface area contributed by atoms with Crippen LogP contribution < -0.4 is 15.4 Å². The predicted octanol–water partition coefficient (Wildman–Crippen LogP) is 2.35. The van der Waals surface area contributed by atoms with Gasteiger partial charge in [-0.3, -0.25) is 19.7 Å². The van der Waals surface area contributed by atoms with Gasteiger partial charge in [0.25, 0.3) is 5.69 Å². The third kappa shape index (κ3) is 5.04. The Morgan fingerprint density at radius 2 is 1.86 bits per heavy atom. The molecular formula is C19H21N3O6. The number of rotatable bonds is 7. The van der Waals surface area contributed by atoms with E-state index >= 15 is 0 Å². The third-order valence-electron chi connectivity index (χ3n) is 4.10. The maximum Gasteiger partial charge on any atom is 0.313 e. The molecule has 0 radical (unpaired) electrons. The molecule has 0 aliphatic heterocycles. The molecule has 28 heavy (non-hydrogen) atoms. The van der Waals surface area contributed by atoms with E-state index in [1.54, 1.807) is 19.1 Å². The van der Waals surface area contributed by atoms with Gasteiger partial charge in [-0.2, -0.15) is 0 Å². The molecule has 0 fully saturated rings. The molecule has 2 aromatic carbocycles. The summed E-state index contributed by atoms with van der Waals surface area (Å²) in [5, 5.41) is 15.8. The molecule has 2 aromatic rings. The summed E-state index contributed by atoms with van der Waals surface area (Å²) in [5.41, 5.74) is 1.33. The number of carbonyl (C=O) groups is 2. The fourth-order valence-electron chi connectivity index (χ4n) is 2.56. The van der Waals surface area contributed by atoms with Crippen molar-refractivity contribution in [1.82, 2.24) is 5.32 Å². The van der Waals surface area contributed by atoms with Crippen molar-refractivity contribution in [3.8, 4) is 5.75 Å². The molecule has 0 aromatic heterocycles. The van der Waals surface area contributed by atoms with Gasteiger partial charge in [0.1, 0.15) is 11.9 Å². The number of non-ortho nitro benzene ring substituents is 1. The lowest BCUT2D eigenvalue weighted by Crippen LogP contribution is -2.38. The van der Waals surface area contributed by atoms with Gasteiger partial charge >= 0.3 is 11.8 Å². The van der Waals surface area contributed by atoms with Gasteiger partial charge in [-0.05, 0) is 18.6 Å². The SMILES string of the molecule is COc1ccccc1C(CNC(=O)C(=O)Nc1cc([N+](=O)[O-])ccc1C)OC. The minimum Gasteiger partial charge on any atom is -0.496 e. The molecule has 0 saturated heterocycles. The standard InChI is InChI=1S/C19H21N3O6/c1-12-8-9-13(22(25)26)10-15(12)21-19(24)18(23)20-11-17(28-3)14-6-4-5-7-16(14)27-2/h4-10,17H,11H2,1-3H3,(H,20,23)(H,21,24). The molecule has 2 rings (SSSR count). The number of hydrogen-bond acceptors (Lipinski definition) is 6. The summed E-state index contributed by atoms with van der Waals surface area (Å²) in [7, 11) is 3.01. The number of para-hydroxylation sites is 1. The molecule has 148 valence electrons. The monoisotopic (exact) mass is 387 g/mol. The summed E-state index contributed by atoms with van der Waals surface area (Å²) in [6.45, 7) is 1.71. The minimum absolute atomic E-state index is 0.0387. The van der Waals surface area contributed by atoms with Crippen LogP contribution in [0.15, 0.2) is 42.5 Å². The predicted molar refractivity (Wildman–Crippen MR) is 102 cm³/mol. The molecule has 0 saturated carbocycles. The summed E-state index contributed by atoms with van der Waals surface area (Å²) in [4.78, 5) is 34.6. The number of nitro benzene ring substituents is 1. The Balaban J connectivity index is 2.03. The van der Waals surface area contributed by atoms with Crippen molar-refractivity contribution in [2.24, 2.45) is 0 Å². The van der Waals surface area contributed by atoms with Gasteiger partial charge in [-0.15, -0.1) is 0 Å². The lowest BCUT2D eigenvalue weighted by Gasteiger charge is -2.19. The molecule has 9 nitrogen and oxygen atoms in total. The molecule has 1 unspecified atom stereocenters. The summed E-state index contributed by atoms with van der Waals surface area (Å²) >= 11 is 0. The third-order valence-corrected chi connectivity index (χ3v) is 4.10. The van der Waals surface area contributed by atoms with Crippen LogP contribution in [0.1, 0.15) is 17.2 Å². The van der Waals surface area contributed by atoms with Crippen LogP contribution in [-0.2, 0) is 14.3 Å². The highest BCUT2D eigenvalue weighted by Gasteiger charge is 2.20. The average Bonchev–Trinajstić information content (AvgIpc) is 2.69. The zero-order chi connectivity index (χ0) is 20.7. The maximum absolute atomic E-state index is 12.1. The van der Waals surface area contributed by atoms with Gasteiger partial charge in [-0.25, -0.2) is 0 Å². The average molecular weight is 387 g/mol. The van der Waals surface area contributed by atoms with Crippen LogP contribution >= 0.6 is 0 Å². The Bertz CT molecular complexity index is 884. The summed E-state index contributed by atoms with van der Waals surface area (Å²) in [6.07, 6.45) is -0.521. The van der Waals surface area contributed by atoms with E-state index < -0.39 is 22.8 Å². The Labute approximate surface area is 161 Å². The molecule has 9 heteroatoms. The van der Waals surface area contributed by atoms with Crippen molar-refractivity contribution in [1.29, 1.82) is 0 Å². The van der Waals surface area contributed by atoms with Crippen LogP contribution in [0.4, 0.5) is 11.4 Å². The van der Waals surface area contributed by atoms with Crippen molar-refractivity contribution < 1.29 is 24.0 Å². The van der Waals surface area contributed by atoms with Crippen molar-refractivity contribution in [2.45, 2.75) is 13.0 Å². The highest BCUT2D eigenvalue weighted by Crippen LogP contribution is 2.26. The summed E-state index contributed by atoms with van der Waals surface area (Å²) in [6, 6.07) is 11.2. The quantitative estimate of drug-likeness (QED) is 0.427. The van der Waals surface area contributed by atoms with E-state index in [0.717, 1.165) is 5.56 Å². The highest BCUT2D eigenvalue weighted by molar-refractivity contribution is 6.39. The number of aryl methyl sites for hydroxylation is 1. The lowest BCUT2D eigenvalue weighted by molar-refractivity contribution is -0.384. The first-order chi connectivity index (χ1) is 13.4. The van der Waals surface area contributed by atoms with E-state index in [-0.39, 0.29) is 17.9 Å². The van der Waals surface area contributed by atoms with Crippen LogP contribution in [0.25, 0.3) is 0 Å². The van der Waals surface area contributed by atoms with E-state index in [9.17, 15) is 19.7 Å². The summed E-state index contributed by atoms with van der Waals surface area (Å²) in [5.74, 6) is -1.22. The largest absolute Gasteiger partial charge is 0.496 e. The highest BCUT2D eigenvalue weighted by atomic mass is 16.6. The van der Waals surface area contributed by atoms with Crippen molar-refractivity contribution in [2.75, 3.05) is 26.1 Å². The van der Waals surface area contributed by atoms with Gasteiger partial charge < -0.3 is 20.1 Å². The first-order valence-corrected chi connectivity index (χ1v) is 8.37. The normalized spacial score (nSPS) is 11.4. The fourth-order valence-corrected chi connectivity index (χ4v) is 2.56. The molecule has 0 heterocycles. The Kier molecular flexibility index (Phi) is 7.05. The number of benzene rings is 2. The van der Waals surface area contributed by atoms with Gasteiger partial charge in [-0.1, -0.05) is 24.3 Å². The molecule has 1 atom stereocenters. The molecule has 0 bridgehead atoms. The Morgan fingerprint density at radius 3 is 2.50 bits per heavy atom. The van der Waals surface area contributed by atoms with E-state index in [2.05, 4.69) is 10.6 Å². The number of nitro groups is 1. The number of hydrogen-bond donors (Lipinski definition) is 2. The Morgan fingerprint density at radius 1 is 1.14 bits per heavy atom. The van der Waals surface area contributed by atoms with E-state index in [1.807, 2.05) is 12.1 Å². The van der Waals surface area contributed by atoms with E-state index in [0.29, 0.717) is 11.3 Å². The van der Waals surface area contributed by atoms with Gasteiger partial charge in [0.2, 0.25) is 0 Å². The second-order valence-corrected chi connectivity index (χ2v) is 5.89. The maximum atomic E-state index is 12.1. The van der Waals surface area contributed by atoms with Crippen LogP contribution in [0.3, 0.4) is 0 Å². The minimum atomic E-state index is -0.932. The van der Waals surface area contributed by atoms with Crippen LogP contribution in [-0.4, -0.2) is 37.5 Å². The fraction of sp³-hybridized carbons (Fsp3) is 0.263. The zero-order valence-corrected chi connectivity index (χ0v) is 15.7. The molecule has 0 aliphatic carbocycles. The van der Waals surface area contributed by atoms with Crippen molar-refractivity contribution >= 4 is 23.2 Å². The number of methoxy groups -OCH3 is 2. The van der Waals surface area contributed by atoms with Gasteiger partial charge in [0, 0.05) is 31.4 Å². The van der Waals surface area contributed by atoms with Crippen LogP contribution in [0.2, 0.25) is 0 Å². The number of carbonyl (C=O) groups excluding carboxylic acids is 2. The number of anilines is 1. The number of nitrogens with one attached hydrogen (secondary N) is 2. The zero-order valence-electron chi connectivity index (χ0n) is 15.7. The second kappa shape index (κ2) is 9.47. The number of nitrogens with zero attached hydrogens (tertiary/aromatic N) is 1. The molecule has 2 N–H and O–H groups in total. The topological polar surface area (TPSA) is 120 Å². The number of amides is 2. The van der Waals surface area contributed by atoms with Crippen LogP contribution in [0, 0.1) is 17.0 Å². The van der Waals surface area contributed by atoms with Crippen LogP contribution in [0.5, 0.6) is 5.75 Å². The van der Waals surface area contributed by atoms with E-state index in [4.69, 9.17) is 9.47 Å². The first kappa shape index (κ1) is 20.8. The second-order valence-electron chi connectivity index (χ2n) is 5.89. The van der Waals surface area contributed by atoms with Crippen molar-refractivity contribution in [3.05, 3.63) is 63.7 Å². The smallest absolute Gasteiger partial charge is 0.313 e. The van der Waals surface area contributed by atoms with E-state index in [1.165, 1.54) is 32.4 Å². The van der Waals surface area contributed by atoms with Gasteiger partial charge in [0.05, 0.1) is 17.7 Å². The molecular weight excluding hydrogens is 366 g/mol.